The third-order valence-corrected chi connectivity index (χ3v) is 6.58. The number of aliphatic carboxylic acids is 1. The van der Waals surface area contributed by atoms with Crippen molar-refractivity contribution in [1.82, 2.24) is 0 Å². The van der Waals surface area contributed by atoms with Gasteiger partial charge in [0.15, 0.2) is 12.1 Å². The number of esters is 1. The Hall–Kier alpha value is -1.22. The molecule has 2 heterocycles. The van der Waals surface area contributed by atoms with Gasteiger partial charge in [0.2, 0.25) is 6.29 Å². The molecule has 3 aliphatic rings. The minimum Gasteiger partial charge on any atom is -0.481 e. The Balaban J connectivity index is 1.83. The van der Waals surface area contributed by atoms with Crippen LogP contribution in [0.4, 0.5) is 0 Å². The lowest BCUT2D eigenvalue weighted by atomic mass is 9.58. The predicted octanol–water partition coefficient (Wildman–Crippen LogP) is 1.63. The van der Waals surface area contributed by atoms with E-state index in [1.165, 1.54) is 0 Å². The third kappa shape index (κ3) is 3.85. The van der Waals surface area contributed by atoms with Gasteiger partial charge < -0.3 is 29.5 Å². The first-order valence-electron chi connectivity index (χ1n) is 9.74. The number of ether oxygens (including phenoxy) is 3. The van der Waals surface area contributed by atoms with E-state index < -0.39 is 35.9 Å². The van der Waals surface area contributed by atoms with E-state index in [0.717, 1.165) is 12.8 Å². The van der Waals surface area contributed by atoms with Crippen molar-refractivity contribution in [1.29, 1.82) is 0 Å². The summed E-state index contributed by atoms with van der Waals surface area (Å²) in [5.41, 5.74) is -1.26. The fourth-order valence-corrected chi connectivity index (χ4v) is 5.07. The van der Waals surface area contributed by atoms with Gasteiger partial charge in [-0.1, -0.05) is 13.8 Å². The van der Waals surface area contributed by atoms with Crippen molar-refractivity contribution in [2.45, 2.75) is 83.3 Å². The molecule has 0 spiro atoms. The summed E-state index contributed by atoms with van der Waals surface area (Å²) in [5, 5.41) is 30.9. The summed E-state index contributed by atoms with van der Waals surface area (Å²) in [6, 6.07) is 0. The summed E-state index contributed by atoms with van der Waals surface area (Å²) in [5.74, 6) is -3.49. The fraction of sp³-hybridized carbons (Fsp3) is 0.895. The lowest BCUT2D eigenvalue weighted by Gasteiger charge is -2.57. The zero-order valence-corrected chi connectivity index (χ0v) is 16.1. The average Bonchev–Trinajstić information content (AvgIpc) is 2.66. The minimum absolute atomic E-state index is 0.0821. The van der Waals surface area contributed by atoms with Crippen molar-refractivity contribution in [3.8, 4) is 0 Å². The van der Waals surface area contributed by atoms with Crippen molar-refractivity contribution < 1.29 is 39.1 Å². The molecule has 0 radical (unpaired) electrons. The van der Waals surface area contributed by atoms with Crippen LogP contribution in [0, 0.1) is 23.7 Å². The quantitative estimate of drug-likeness (QED) is 0.623. The maximum atomic E-state index is 12.0. The van der Waals surface area contributed by atoms with Crippen LogP contribution in [0.15, 0.2) is 0 Å². The van der Waals surface area contributed by atoms with E-state index in [9.17, 15) is 19.8 Å². The summed E-state index contributed by atoms with van der Waals surface area (Å²) < 4.78 is 17.0. The van der Waals surface area contributed by atoms with Crippen LogP contribution in [0.2, 0.25) is 0 Å². The van der Waals surface area contributed by atoms with E-state index >= 15 is 0 Å². The molecule has 27 heavy (non-hydrogen) atoms. The molecule has 154 valence electrons. The molecule has 3 fully saturated rings. The van der Waals surface area contributed by atoms with Gasteiger partial charge in [0.05, 0.1) is 12.8 Å². The number of hydrogen-bond donors (Lipinski definition) is 3. The van der Waals surface area contributed by atoms with E-state index in [1.54, 1.807) is 6.92 Å². The molecule has 8 heteroatoms. The van der Waals surface area contributed by atoms with Crippen LogP contribution in [0.5, 0.6) is 0 Å². The molecule has 2 saturated heterocycles. The van der Waals surface area contributed by atoms with Crippen LogP contribution >= 0.6 is 0 Å². The number of hydrogen-bond acceptors (Lipinski definition) is 7. The summed E-state index contributed by atoms with van der Waals surface area (Å²) in [6.45, 7) is 5.51. The molecule has 1 aliphatic carbocycles. The molecule has 0 aromatic heterocycles. The predicted molar refractivity (Wildman–Crippen MR) is 92.1 cm³/mol. The van der Waals surface area contributed by atoms with Gasteiger partial charge in [0, 0.05) is 18.3 Å². The van der Waals surface area contributed by atoms with Gasteiger partial charge in [-0.2, -0.15) is 0 Å². The van der Waals surface area contributed by atoms with Crippen molar-refractivity contribution in [2.75, 3.05) is 0 Å². The van der Waals surface area contributed by atoms with Crippen LogP contribution in [0.25, 0.3) is 0 Å². The highest BCUT2D eigenvalue weighted by Crippen LogP contribution is 2.55. The lowest BCUT2D eigenvalue weighted by molar-refractivity contribution is -0.403. The zero-order chi connectivity index (χ0) is 20.0. The van der Waals surface area contributed by atoms with Gasteiger partial charge in [-0.15, -0.1) is 0 Å². The number of carboxylic acid groups (broad SMARTS) is 1. The van der Waals surface area contributed by atoms with Gasteiger partial charge in [0.25, 0.3) is 0 Å². The maximum absolute atomic E-state index is 12.0. The van der Waals surface area contributed by atoms with Crippen LogP contribution in [0.1, 0.15) is 59.3 Å². The van der Waals surface area contributed by atoms with Crippen LogP contribution in [-0.4, -0.2) is 51.2 Å². The Labute approximate surface area is 158 Å². The van der Waals surface area contributed by atoms with E-state index in [0.29, 0.717) is 12.8 Å². The molecule has 0 aromatic carbocycles. The fourth-order valence-electron chi connectivity index (χ4n) is 5.07. The Morgan fingerprint density at radius 2 is 1.81 bits per heavy atom. The van der Waals surface area contributed by atoms with E-state index in [1.807, 2.05) is 6.92 Å². The Kier molecular flexibility index (Phi) is 5.55. The first-order valence-corrected chi connectivity index (χ1v) is 9.74. The summed E-state index contributed by atoms with van der Waals surface area (Å²) in [6.07, 6.45) is 0.0399. The van der Waals surface area contributed by atoms with Gasteiger partial charge in [-0.05, 0) is 38.0 Å². The molecular weight excluding hydrogens is 356 g/mol. The number of carbonyl (C=O) groups is 2. The third-order valence-electron chi connectivity index (χ3n) is 6.58. The first-order chi connectivity index (χ1) is 12.5. The smallest absolute Gasteiger partial charge is 0.308 e. The molecule has 0 unspecified atom stereocenters. The Bertz CT molecular complexity index is 590. The molecule has 0 amide bonds. The summed E-state index contributed by atoms with van der Waals surface area (Å²) in [7, 11) is 0. The molecule has 3 rings (SSSR count). The van der Waals surface area contributed by atoms with E-state index in [2.05, 4.69) is 6.92 Å². The summed E-state index contributed by atoms with van der Waals surface area (Å²) >= 11 is 0. The number of carboxylic acids is 1. The van der Waals surface area contributed by atoms with E-state index in [4.69, 9.17) is 19.3 Å². The number of carbonyl (C=O) groups excluding carboxylic acids is 1. The monoisotopic (exact) mass is 386 g/mol. The van der Waals surface area contributed by atoms with Crippen molar-refractivity contribution in [3.63, 3.8) is 0 Å². The molecule has 8 nitrogen and oxygen atoms in total. The van der Waals surface area contributed by atoms with Gasteiger partial charge >= 0.3 is 11.9 Å². The first kappa shape index (κ1) is 20.5. The molecule has 2 aliphatic heterocycles. The van der Waals surface area contributed by atoms with Gasteiger partial charge in [0.1, 0.15) is 5.60 Å². The molecule has 1 saturated carbocycles. The maximum Gasteiger partial charge on any atom is 0.308 e. The van der Waals surface area contributed by atoms with Crippen molar-refractivity contribution in [2.24, 2.45) is 23.7 Å². The highest BCUT2D eigenvalue weighted by atomic mass is 16.8. The van der Waals surface area contributed by atoms with Crippen LogP contribution in [-0.2, 0) is 23.8 Å². The van der Waals surface area contributed by atoms with E-state index in [-0.39, 0.29) is 36.5 Å². The lowest BCUT2D eigenvalue weighted by Crippen LogP contribution is -2.67. The molecule has 0 aromatic rings. The molecule has 3 N–H and O–H groups in total. The Morgan fingerprint density at radius 3 is 2.48 bits per heavy atom. The SMILES string of the molecule is C[C@H]1[C@@H](OC(=O)CCC(=O)O)O[C@@H]2O[C@](C)(O)CC[C@H]3[C@H](C)CC[C@@H]1[C@@]23O. The second kappa shape index (κ2) is 7.31. The average molecular weight is 386 g/mol. The second-order valence-electron chi connectivity index (χ2n) is 8.57. The topological polar surface area (TPSA) is 123 Å². The molecular formula is C19H30O8. The zero-order valence-electron chi connectivity index (χ0n) is 16.1. The molecule has 0 bridgehead atoms. The normalized spacial score (nSPS) is 46.9. The van der Waals surface area contributed by atoms with Crippen molar-refractivity contribution in [3.05, 3.63) is 0 Å². The highest BCUT2D eigenvalue weighted by molar-refractivity contribution is 5.76. The number of rotatable bonds is 4. The molecule has 8 atom stereocenters. The highest BCUT2D eigenvalue weighted by Gasteiger charge is 2.64. The van der Waals surface area contributed by atoms with Gasteiger partial charge in [-0.25, -0.2) is 0 Å². The van der Waals surface area contributed by atoms with Crippen molar-refractivity contribution >= 4 is 11.9 Å². The van der Waals surface area contributed by atoms with Crippen LogP contribution < -0.4 is 0 Å². The minimum atomic E-state index is -1.44. The summed E-state index contributed by atoms with van der Waals surface area (Å²) in [4.78, 5) is 22.7. The Morgan fingerprint density at radius 1 is 1.11 bits per heavy atom. The van der Waals surface area contributed by atoms with Gasteiger partial charge in [-0.3, -0.25) is 9.59 Å². The standard InChI is InChI=1S/C19H30O8/c1-10-4-5-13-11(2)16(25-15(22)7-6-14(20)21)26-17-19(13,24)12(10)8-9-18(3,23)27-17/h10-13,16-17,23-24H,4-9H2,1-3H3,(H,20,21)/t10-,11-,12+,13+,16+,17-,18+,19-/m1/s1. The largest absolute Gasteiger partial charge is 0.481 e. The number of aliphatic hydroxyl groups is 2. The van der Waals surface area contributed by atoms with Crippen LogP contribution in [0.3, 0.4) is 0 Å². The second-order valence-corrected chi connectivity index (χ2v) is 8.57.